The molecule has 0 aliphatic carbocycles. The van der Waals surface area contributed by atoms with Gasteiger partial charge in [0.15, 0.2) is 0 Å². The van der Waals surface area contributed by atoms with Crippen LogP contribution < -0.4 is 10.3 Å². The number of aliphatic hydroxyl groups excluding tert-OH is 1. The second-order valence-electron chi connectivity index (χ2n) is 7.50. The minimum absolute atomic E-state index is 0.0427. The molecule has 0 amide bonds. The van der Waals surface area contributed by atoms with Gasteiger partial charge in [0.1, 0.15) is 22.9 Å². The molecule has 0 saturated carbocycles. The summed E-state index contributed by atoms with van der Waals surface area (Å²) in [4.78, 5) is 13.4. The van der Waals surface area contributed by atoms with E-state index < -0.39 is 5.56 Å². The summed E-state index contributed by atoms with van der Waals surface area (Å²) in [6, 6.07) is 19.8. The maximum Gasteiger partial charge on any atom is 0.316 e. The van der Waals surface area contributed by atoms with E-state index in [9.17, 15) is 14.3 Å². The van der Waals surface area contributed by atoms with E-state index in [0.29, 0.717) is 22.2 Å². The van der Waals surface area contributed by atoms with Crippen LogP contribution in [0.4, 0.5) is 4.39 Å². The van der Waals surface area contributed by atoms with Crippen LogP contribution in [0.3, 0.4) is 0 Å². The molecule has 2 heterocycles. The molecule has 2 aromatic heterocycles. The second kappa shape index (κ2) is 9.49. The lowest BCUT2D eigenvalue weighted by Gasteiger charge is -2.13. The number of nitrogens with zero attached hydrogens (tertiary/aromatic N) is 5. The van der Waals surface area contributed by atoms with E-state index >= 15 is 0 Å². The Morgan fingerprint density at radius 1 is 0.943 bits per heavy atom. The Morgan fingerprint density at radius 3 is 2.23 bits per heavy atom. The molecule has 174 valence electrons. The summed E-state index contributed by atoms with van der Waals surface area (Å²) >= 11 is 5.97. The van der Waals surface area contributed by atoms with E-state index in [1.807, 2.05) is 0 Å². The van der Waals surface area contributed by atoms with Gasteiger partial charge >= 0.3 is 5.56 Å². The molecule has 3 aromatic carbocycles. The Balaban J connectivity index is 1.56. The zero-order valence-corrected chi connectivity index (χ0v) is 18.8. The normalized spacial score (nSPS) is 10.9. The molecule has 5 aromatic rings. The van der Waals surface area contributed by atoms with Crippen LogP contribution in [0.15, 0.2) is 90.0 Å². The van der Waals surface area contributed by atoms with E-state index in [4.69, 9.17) is 16.3 Å². The van der Waals surface area contributed by atoms with Gasteiger partial charge in [-0.25, -0.2) is 9.07 Å². The van der Waals surface area contributed by atoms with E-state index in [0.717, 1.165) is 11.1 Å². The van der Waals surface area contributed by atoms with Gasteiger partial charge in [-0.05, 0) is 59.7 Å². The summed E-state index contributed by atoms with van der Waals surface area (Å²) in [5.74, 6) is 0.0396. The summed E-state index contributed by atoms with van der Waals surface area (Å²) < 4.78 is 21.8. The van der Waals surface area contributed by atoms with Crippen LogP contribution in [0.25, 0.3) is 22.5 Å². The van der Waals surface area contributed by atoms with Crippen molar-refractivity contribution >= 4 is 11.6 Å². The van der Waals surface area contributed by atoms with Gasteiger partial charge in [-0.2, -0.15) is 9.78 Å². The smallest absolute Gasteiger partial charge is 0.316 e. The van der Waals surface area contributed by atoms with E-state index in [1.165, 1.54) is 33.9 Å². The van der Waals surface area contributed by atoms with Gasteiger partial charge in [0.2, 0.25) is 5.75 Å². The first-order chi connectivity index (χ1) is 17.0. The van der Waals surface area contributed by atoms with Crippen molar-refractivity contribution in [3.8, 4) is 34.0 Å². The predicted molar refractivity (Wildman–Crippen MR) is 128 cm³/mol. The quantitative estimate of drug-likeness (QED) is 0.376. The van der Waals surface area contributed by atoms with Crippen molar-refractivity contribution in [2.75, 3.05) is 0 Å². The minimum atomic E-state index is -0.534. The minimum Gasteiger partial charge on any atom is -0.449 e. The van der Waals surface area contributed by atoms with E-state index in [-0.39, 0.29) is 23.9 Å². The Kier molecular flexibility index (Phi) is 6.09. The second-order valence-corrected chi connectivity index (χ2v) is 7.93. The highest BCUT2D eigenvalue weighted by atomic mass is 35.5. The van der Waals surface area contributed by atoms with Gasteiger partial charge in [0, 0.05) is 5.02 Å². The average Bonchev–Trinajstić information content (AvgIpc) is 3.36. The van der Waals surface area contributed by atoms with Crippen molar-refractivity contribution in [2.45, 2.75) is 6.61 Å². The van der Waals surface area contributed by atoms with Gasteiger partial charge in [0.05, 0.1) is 24.7 Å². The molecule has 0 radical (unpaired) electrons. The lowest BCUT2D eigenvalue weighted by molar-refractivity contribution is 0.276. The summed E-state index contributed by atoms with van der Waals surface area (Å²) in [6.07, 6.45) is 2.90. The largest absolute Gasteiger partial charge is 0.449 e. The van der Waals surface area contributed by atoms with Crippen LogP contribution in [0, 0.1) is 5.82 Å². The first-order valence-corrected chi connectivity index (χ1v) is 10.8. The molecular formula is C25H17ClFN5O3. The van der Waals surface area contributed by atoms with Gasteiger partial charge < -0.3 is 9.84 Å². The molecule has 0 fully saturated rings. The topological polar surface area (TPSA) is 95.1 Å². The molecule has 0 spiro atoms. The SMILES string of the molecule is O=c1c(Oc2ccc(-c3ccc(F)cc3)cc2)c(-n2cc(CO)nn2)cnn1-c1ccc(Cl)cc1. The third-order valence-corrected chi connectivity index (χ3v) is 5.44. The summed E-state index contributed by atoms with van der Waals surface area (Å²) in [6.45, 7) is -0.309. The number of hydrogen-bond acceptors (Lipinski definition) is 6. The number of benzene rings is 3. The number of halogens is 2. The first kappa shape index (κ1) is 22.5. The highest BCUT2D eigenvalue weighted by Gasteiger charge is 2.18. The van der Waals surface area contributed by atoms with Gasteiger partial charge in [0.25, 0.3) is 0 Å². The molecule has 0 atom stereocenters. The molecule has 10 heteroatoms. The maximum absolute atomic E-state index is 13.4. The molecule has 0 bridgehead atoms. The van der Waals surface area contributed by atoms with Crippen LogP contribution in [0.1, 0.15) is 5.69 Å². The highest BCUT2D eigenvalue weighted by molar-refractivity contribution is 6.30. The summed E-state index contributed by atoms with van der Waals surface area (Å²) in [7, 11) is 0. The number of aliphatic hydroxyl groups is 1. The molecule has 0 saturated heterocycles. The lowest BCUT2D eigenvalue weighted by Crippen LogP contribution is -2.24. The zero-order chi connectivity index (χ0) is 24.4. The fourth-order valence-electron chi connectivity index (χ4n) is 3.42. The molecular weight excluding hydrogens is 473 g/mol. The van der Waals surface area contributed by atoms with Crippen molar-refractivity contribution in [2.24, 2.45) is 0 Å². The van der Waals surface area contributed by atoms with Crippen molar-refractivity contribution < 1.29 is 14.2 Å². The van der Waals surface area contributed by atoms with E-state index in [1.54, 1.807) is 60.7 Å². The van der Waals surface area contributed by atoms with Crippen LogP contribution in [-0.2, 0) is 6.61 Å². The predicted octanol–water partition coefficient (Wildman–Crippen LogP) is 4.56. The molecule has 0 aliphatic heterocycles. The maximum atomic E-state index is 13.4. The summed E-state index contributed by atoms with van der Waals surface area (Å²) in [5.41, 5.74) is 2.23. The Hall–Kier alpha value is -4.34. The monoisotopic (exact) mass is 489 g/mol. The van der Waals surface area contributed by atoms with Crippen molar-refractivity contribution in [3.05, 3.63) is 112 Å². The van der Waals surface area contributed by atoms with Crippen LogP contribution >= 0.6 is 11.6 Å². The van der Waals surface area contributed by atoms with Crippen molar-refractivity contribution in [1.82, 2.24) is 24.8 Å². The average molecular weight is 490 g/mol. The van der Waals surface area contributed by atoms with Crippen molar-refractivity contribution in [1.29, 1.82) is 0 Å². The van der Waals surface area contributed by atoms with Crippen LogP contribution in [0.2, 0.25) is 5.02 Å². The number of ether oxygens (including phenoxy) is 1. The van der Waals surface area contributed by atoms with Gasteiger partial charge in [-0.3, -0.25) is 4.79 Å². The van der Waals surface area contributed by atoms with Gasteiger partial charge in [-0.15, -0.1) is 5.10 Å². The molecule has 0 aliphatic rings. The Labute approximate surface area is 203 Å². The summed E-state index contributed by atoms with van der Waals surface area (Å²) in [5, 5.41) is 21.9. The number of rotatable bonds is 6. The number of aromatic nitrogens is 5. The molecule has 5 rings (SSSR count). The molecule has 0 unspecified atom stereocenters. The Bertz CT molecular complexity index is 1530. The highest BCUT2D eigenvalue weighted by Crippen LogP contribution is 2.28. The first-order valence-electron chi connectivity index (χ1n) is 10.5. The molecule has 8 nitrogen and oxygen atoms in total. The molecule has 1 N–H and O–H groups in total. The van der Waals surface area contributed by atoms with Crippen molar-refractivity contribution in [3.63, 3.8) is 0 Å². The Morgan fingerprint density at radius 2 is 1.60 bits per heavy atom. The van der Waals surface area contributed by atoms with Crippen LogP contribution in [-0.4, -0.2) is 29.9 Å². The van der Waals surface area contributed by atoms with Crippen LogP contribution in [0.5, 0.6) is 11.5 Å². The standard InChI is InChI=1S/C25H17ClFN5O3/c26-18-5-9-21(10-6-18)32-25(34)24(23(13-28-32)31-14-20(15-33)29-30-31)35-22-11-3-17(4-12-22)16-1-7-19(27)8-2-16/h1-14,33H,15H2. The zero-order valence-electron chi connectivity index (χ0n) is 18.0. The van der Waals surface area contributed by atoms with Gasteiger partial charge in [-0.1, -0.05) is 41.1 Å². The molecule has 35 heavy (non-hydrogen) atoms. The lowest BCUT2D eigenvalue weighted by atomic mass is 10.1. The van der Waals surface area contributed by atoms with E-state index in [2.05, 4.69) is 15.4 Å². The number of hydrogen-bond donors (Lipinski definition) is 1. The fourth-order valence-corrected chi connectivity index (χ4v) is 3.54. The fraction of sp³-hybridized carbons (Fsp3) is 0.0400. The third-order valence-electron chi connectivity index (χ3n) is 5.19. The third kappa shape index (κ3) is 4.68.